The summed E-state index contributed by atoms with van der Waals surface area (Å²) in [6, 6.07) is 14.4. The minimum absolute atomic E-state index is 0.192. The Balaban J connectivity index is 1.34. The lowest BCUT2D eigenvalue weighted by Crippen LogP contribution is -2.20. The van der Waals surface area contributed by atoms with E-state index < -0.39 is 0 Å². The summed E-state index contributed by atoms with van der Waals surface area (Å²) < 4.78 is 30.5. The van der Waals surface area contributed by atoms with Gasteiger partial charge in [-0.15, -0.1) is 0 Å². The zero-order valence-electron chi connectivity index (χ0n) is 16.1. The molecule has 4 rings (SSSR count). The molecule has 2 heterocycles. The van der Waals surface area contributed by atoms with Gasteiger partial charge >= 0.3 is 0 Å². The Labute approximate surface area is 187 Å². The van der Waals surface area contributed by atoms with Crippen LogP contribution >= 0.6 is 23.8 Å². The molecule has 0 aliphatic heterocycles. The second-order valence-electron chi connectivity index (χ2n) is 6.71. The second-order valence-corrected chi connectivity index (χ2v) is 7.52. The Kier molecular flexibility index (Phi) is 6.24. The van der Waals surface area contributed by atoms with Crippen molar-refractivity contribution in [3.05, 3.63) is 94.8 Å². The van der Waals surface area contributed by atoms with Crippen LogP contribution in [-0.4, -0.2) is 24.7 Å². The number of anilines is 2. The summed E-state index contributed by atoms with van der Waals surface area (Å²) in [5.41, 5.74) is 1.17. The van der Waals surface area contributed by atoms with Gasteiger partial charge in [0, 0.05) is 35.1 Å². The molecular formula is C21H17ClF2N6S. The average Bonchev–Trinajstić information content (AvgIpc) is 3.34. The monoisotopic (exact) mass is 458 g/mol. The highest BCUT2D eigenvalue weighted by atomic mass is 35.5. The quantitative estimate of drug-likeness (QED) is 0.402. The van der Waals surface area contributed by atoms with Gasteiger partial charge in [0.2, 0.25) is 0 Å². The number of nitrogens with one attached hydrogen (secondary N) is 2. The molecule has 0 bridgehead atoms. The first-order chi connectivity index (χ1) is 15.0. The van der Waals surface area contributed by atoms with Crippen LogP contribution in [0.5, 0.6) is 0 Å². The number of nitrogens with zero attached hydrogens (tertiary/aromatic N) is 4. The van der Waals surface area contributed by atoms with Crippen LogP contribution in [0.1, 0.15) is 11.1 Å². The topological polar surface area (TPSA) is 59.7 Å². The SMILES string of the molecule is Fc1cccc(Cn2ccc(NC(=S)Nc3ccn(Cc4c(F)cccc4Cl)n3)n2)c1. The van der Waals surface area contributed by atoms with Crippen molar-refractivity contribution in [3.63, 3.8) is 0 Å². The summed E-state index contributed by atoms with van der Waals surface area (Å²) in [7, 11) is 0. The van der Waals surface area contributed by atoms with Crippen LogP contribution in [0.2, 0.25) is 5.02 Å². The van der Waals surface area contributed by atoms with Crippen molar-refractivity contribution in [2.75, 3.05) is 10.6 Å². The maximum Gasteiger partial charge on any atom is 0.177 e. The van der Waals surface area contributed by atoms with Crippen molar-refractivity contribution in [1.82, 2.24) is 19.6 Å². The first-order valence-electron chi connectivity index (χ1n) is 9.28. The van der Waals surface area contributed by atoms with Crippen molar-refractivity contribution in [2.45, 2.75) is 13.1 Å². The number of hydrogen-bond donors (Lipinski definition) is 2. The third kappa shape index (κ3) is 5.44. The maximum atomic E-state index is 14.0. The number of benzene rings is 2. The predicted molar refractivity (Wildman–Crippen MR) is 120 cm³/mol. The highest BCUT2D eigenvalue weighted by Crippen LogP contribution is 2.20. The van der Waals surface area contributed by atoms with Gasteiger partial charge in [-0.25, -0.2) is 8.78 Å². The molecule has 2 aromatic heterocycles. The molecule has 158 valence electrons. The van der Waals surface area contributed by atoms with Gasteiger partial charge in [-0.3, -0.25) is 9.36 Å². The van der Waals surface area contributed by atoms with E-state index in [-0.39, 0.29) is 18.2 Å². The highest BCUT2D eigenvalue weighted by molar-refractivity contribution is 7.80. The molecule has 31 heavy (non-hydrogen) atoms. The summed E-state index contributed by atoms with van der Waals surface area (Å²) in [5, 5.41) is 15.3. The van der Waals surface area contributed by atoms with E-state index in [9.17, 15) is 8.78 Å². The lowest BCUT2D eigenvalue weighted by atomic mass is 10.2. The summed E-state index contributed by atoms with van der Waals surface area (Å²) in [4.78, 5) is 0. The standard InChI is InChI=1S/C21H17ClF2N6S/c22-17-5-2-6-18(24)16(17)13-30-10-8-20(28-30)26-21(31)25-19-7-9-29(27-19)12-14-3-1-4-15(23)11-14/h1-11H,12-13H2,(H2,25,26,27,28,31). The highest BCUT2D eigenvalue weighted by Gasteiger charge is 2.10. The minimum Gasteiger partial charge on any atom is -0.316 e. The molecule has 0 fully saturated rings. The summed E-state index contributed by atoms with van der Waals surface area (Å²) in [5.74, 6) is 0.351. The molecule has 0 atom stereocenters. The van der Waals surface area contributed by atoms with Gasteiger partial charge in [0.15, 0.2) is 16.7 Å². The molecule has 0 spiro atoms. The Bertz CT molecular complexity index is 1200. The van der Waals surface area contributed by atoms with Crippen LogP contribution in [-0.2, 0) is 13.1 Å². The predicted octanol–water partition coefficient (Wildman–Crippen LogP) is 4.92. The fourth-order valence-electron chi connectivity index (χ4n) is 2.96. The van der Waals surface area contributed by atoms with E-state index in [0.717, 1.165) is 5.56 Å². The molecule has 6 nitrogen and oxygen atoms in total. The number of hydrogen-bond acceptors (Lipinski definition) is 3. The van der Waals surface area contributed by atoms with Crippen molar-refractivity contribution in [3.8, 4) is 0 Å². The van der Waals surface area contributed by atoms with Gasteiger partial charge in [-0.05, 0) is 42.0 Å². The first kappa shape index (κ1) is 21.0. The van der Waals surface area contributed by atoms with E-state index in [2.05, 4.69) is 20.8 Å². The minimum atomic E-state index is -0.386. The van der Waals surface area contributed by atoms with Crippen LogP contribution in [0.4, 0.5) is 20.4 Å². The van der Waals surface area contributed by atoms with Crippen LogP contribution in [0.15, 0.2) is 67.0 Å². The van der Waals surface area contributed by atoms with E-state index in [1.54, 1.807) is 52.1 Å². The van der Waals surface area contributed by atoms with Gasteiger partial charge in [-0.1, -0.05) is 29.8 Å². The average molecular weight is 459 g/mol. The van der Waals surface area contributed by atoms with Gasteiger partial charge < -0.3 is 10.6 Å². The van der Waals surface area contributed by atoms with E-state index in [0.29, 0.717) is 33.9 Å². The molecule has 0 radical (unpaired) electrons. The summed E-state index contributed by atoms with van der Waals surface area (Å²) >= 11 is 11.4. The van der Waals surface area contributed by atoms with Gasteiger partial charge in [0.25, 0.3) is 0 Å². The van der Waals surface area contributed by atoms with Crippen LogP contribution in [0.3, 0.4) is 0 Å². The Morgan fingerprint density at radius 2 is 1.55 bits per heavy atom. The van der Waals surface area contributed by atoms with Crippen LogP contribution in [0, 0.1) is 11.6 Å². The summed E-state index contributed by atoms with van der Waals surface area (Å²) in [6.07, 6.45) is 3.46. The lowest BCUT2D eigenvalue weighted by Gasteiger charge is -2.07. The molecule has 0 saturated heterocycles. The van der Waals surface area contributed by atoms with Crippen molar-refractivity contribution < 1.29 is 8.78 Å². The molecule has 0 aliphatic rings. The summed E-state index contributed by atoms with van der Waals surface area (Å²) in [6.45, 7) is 0.626. The molecule has 0 amide bonds. The first-order valence-corrected chi connectivity index (χ1v) is 10.1. The molecule has 0 aliphatic carbocycles. The molecule has 4 aromatic rings. The van der Waals surface area contributed by atoms with Crippen molar-refractivity contribution in [1.29, 1.82) is 0 Å². The largest absolute Gasteiger partial charge is 0.316 e. The molecular weight excluding hydrogens is 442 g/mol. The zero-order chi connectivity index (χ0) is 21.8. The molecule has 0 unspecified atom stereocenters. The third-order valence-corrected chi connectivity index (χ3v) is 4.94. The van der Waals surface area contributed by atoms with Crippen molar-refractivity contribution >= 4 is 40.6 Å². The van der Waals surface area contributed by atoms with E-state index in [4.69, 9.17) is 23.8 Å². The van der Waals surface area contributed by atoms with Gasteiger partial charge in [0.05, 0.1) is 13.1 Å². The normalized spacial score (nSPS) is 10.8. The van der Waals surface area contributed by atoms with E-state index in [1.165, 1.54) is 18.2 Å². The molecule has 2 N–H and O–H groups in total. The lowest BCUT2D eigenvalue weighted by molar-refractivity contribution is 0.586. The van der Waals surface area contributed by atoms with Crippen molar-refractivity contribution in [2.24, 2.45) is 0 Å². The van der Waals surface area contributed by atoms with Crippen LogP contribution < -0.4 is 10.6 Å². The number of rotatable bonds is 6. The smallest absolute Gasteiger partial charge is 0.177 e. The number of aromatic nitrogens is 4. The fraction of sp³-hybridized carbons (Fsp3) is 0.0952. The second kappa shape index (κ2) is 9.23. The van der Waals surface area contributed by atoms with E-state index >= 15 is 0 Å². The molecule has 10 heteroatoms. The Morgan fingerprint density at radius 1 is 0.903 bits per heavy atom. The van der Waals surface area contributed by atoms with Gasteiger partial charge in [0.1, 0.15) is 11.6 Å². The van der Waals surface area contributed by atoms with Crippen LogP contribution in [0.25, 0.3) is 0 Å². The van der Waals surface area contributed by atoms with Gasteiger partial charge in [-0.2, -0.15) is 10.2 Å². The maximum absolute atomic E-state index is 14.0. The molecule has 0 saturated carbocycles. The fourth-order valence-corrected chi connectivity index (χ4v) is 3.40. The number of thiocarbonyl (C=S) groups is 1. The zero-order valence-corrected chi connectivity index (χ0v) is 17.7. The number of halogens is 3. The van der Waals surface area contributed by atoms with E-state index in [1.807, 2.05) is 6.07 Å². The molecule has 2 aromatic carbocycles. The third-order valence-electron chi connectivity index (χ3n) is 4.38. The Hall–Kier alpha value is -3.30. The Morgan fingerprint density at radius 3 is 2.19 bits per heavy atom.